The molecular weight excluding hydrogens is 296 g/mol. The second-order valence-corrected chi connectivity index (χ2v) is 5.98. The number of nitrogens with two attached hydrogens (primary N) is 1. The smallest absolute Gasteiger partial charge is 0.0226 e. The number of hydrogen-bond acceptors (Lipinski definition) is 4. The Kier molecular flexibility index (Phi) is 10.1. The zero-order valence-corrected chi connectivity index (χ0v) is 14.3. The molecule has 3 N–H and O–H groups in total. The minimum Gasteiger partial charge on any atom is -0.312 e. The molecule has 0 aromatic heterocycles. The van der Waals surface area contributed by atoms with Crippen LogP contribution < -0.4 is 10.5 Å². The fourth-order valence-corrected chi connectivity index (χ4v) is 2.80. The molecule has 2 aromatic carbocycles. The quantitative estimate of drug-likeness (QED) is 0.445. The van der Waals surface area contributed by atoms with E-state index in [1.54, 1.807) is 0 Å². The second kappa shape index (κ2) is 11.7. The Hall–Kier alpha value is -0.940. The van der Waals surface area contributed by atoms with Gasteiger partial charge in [0.1, 0.15) is 0 Å². The molecule has 114 valence electrons. The van der Waals surface area contributed by atoms with E-state index >= 15 is 0 Å². The van der Waals surface area contributed by atoms with Gasteiger partial charge in [0.25, 0.3) is 0 Å². The van der Waals surface area contributed by atoms with Crippen LogP contribution in [0.3, 0.4) is 0 Å². The Bertz CT molecular complexity index is 472. The van der Waals surface area contributed by atoms with Crippen molar-refractivity contribution in [2.75, 3.05) is 12.3 Å². The lowest BCUT2D eigenvalue weighted by Crippen LogP contribution is -2.16. The zero-order chi connectivity index (χ0) is 15.3. The molecule has 0 radical (unpaired) electrons. The lowest BCUT2D eigenvalue weighted by Gasteiger charge is -2.05. The summed E-state index contributed by atoms with van der Waals surface area (Å²) in [6, 6.07) is 18.8. The lowest BCUT2D eigenvalue weighted by atomic mass is 10.2. The van der Waals surface area contributed by atoms with Crippen LogP contribution in [0.2, 0.25) is 0 Å². The maximum atomic E-state index is 5.49. The van der Waals surface area contributed by atoms with Crippen LogP contribution in [0.5, 0.6) is 0 Å². The minimum atomic E-state index is 0.908. The molecule has 0 fully saturated rings. The number of benzene rings is 2. The molecule has 21 heavy (non-hydrogen) atoms. The first-order valence-corrected chi connectivity index (χ1v) is 9.09. The van der Waals surface area contributed by atoms with Gasteiger partial charge in [-0.15, -0.1) is 11.8 Å². The molecule has 0 heterocycles. The van der Waals surface area contributed by atoms with E-state index in [1.165, 1.54) is 22.4 Å². The molecule has 2 nitrogen and oxygen atoms in total. The van der Waals surface area contributed by atoms with Gasteiger partial charge in [0.2, 0.25) is 0 Å². The van der Waals surface area contributed by atoms with E-state index in [0.29, 0.717) is 0 Å². The van der Waals surface area contributed by atoms with Gasteiger partial charge in [0, 0.05) is 28.6 Å². The molecular formula is C17H24N2S2. The SMILES string of the molecule is CC.NSc1ccc(CNCCSc2ccccc2)cc1. The number of thioether (sulfide) groups is 1. The van der Waals surface area contributed by atoms with Gasteiger partial charge < -0.3 is 5.32 Å². The first-order chi connectivity index (χ1) is 10.4. The highest BCUT2D eigenvalue weighted by Gasteiger charge is 1.95. The van der Waals surface area contributed by atoms with Crippen molar-refractivity contribution in [3.8, 4) is 0 Å². The van der Waals surface area contributed by atoms with Crippen LogP contribution >= 0.6 is 23.7 Å². The number of nitrogens with one attached hydrogen (secondary N) is 1. The topological polar surface area (TPSA) is 38.0 Å². The Morgan fingerprint density at radius 2 is 1.57 bits per heavy atom. The highest BCUT2D eigenvalue weighted by Crippen LogP contribution is 2.16. The van der Waals surface area contributed by atoms with Gasteiger partial charge in [-0.25, -0.2) is 0 Å². The highest BCUT2D eigenvalue weighted by atomic mass is 32.2. The first-order valence-electron chi connectivity index (χ1n) is 7.23. The molecule has 0 spiro atoms. The third-order valence-electron chi connectivity index (χ3n) is 2.68. The summed E-state index contributed by atoms with van der Waals surface area (Å²) in [4.78, 5) is 2.43. The Balaban J connectivity index is 0.00000106. The van der Waals surface area contributed by atoms with E-state index in [4.69, 9.17) is 5.14 Å². The number of hydrogen-bond donors (Lipinski definition) is 2. The maximum absolute atomic E-state index is 5.49. The summed E-state index contributed by atoms with van der Waals surface area (Å²) in [5.74, 6) is 1.08. The lowest BCUT2D eigenvalue weighted by molar-refractivity contribution is 0.731. The summed E-state index contributed by atoms with van der Waals surface area (Å²) < 4.78 is 0. The van der Waals surface area contributed by atoms with Gasteiger partial charge in [0.05, 0.1) is 0 Å². The first kappa shape index (κ1) is 18.1. The number of rotatable bonds is 7. The van der Waals surface area contributed by atoms with E-state index < -0.39 is 0 Å². The third-order valence-corrected chi connectivity index (χ3v) is 4.24. The molecule has 0 bridgehead atoms. The summed E-state index contributed by atoms with van der Waals surface area (Å²) in [6.45, 7) is 5.91. The van der Waals surface area contributed by atoms with Crippen molar-refractivity contribution in [1.29, 1.82) is 0 Å². The van der Waals surface area contributed by atoms with Crippen molar-refractivity contribution < 1.29 is 0 Å². The van der Waals surface area contributed by atoms with Crippen molar-refractivity contribution in [2.24, 2.45) is 5.14 Å². The molecule has 4 heteroatoms. The van der Waals surface area contributed by atoms with Crippen molar-refractivity contribution in [2.45, 2.75) is 30.2 Å². The second-order valence-electron chi connectivity index (χ2n) is 4.10. The standard InChI is InChI=1S/C15H18N2S2.C2H6/c16-19-15-8-6-13(7-9-15)12-17-10-11-18-14-4-2-1-3-5-14;1-2/h1-9,17H,10-12,16H2;1-2H3. The van der Waals surface area contributed by atoms with Crippen molar-refractivity contribution in [3.05, 3.63) is 60.2 Å². The monoisotopic (exact) mass is 320 g/mol. The summed E-state index contributed by atoms with van der Waals surface area (Å²) in [6.07, 6.45) is 0. The van der Waals surface area contributed by atoms with Crippen LogP contribution in [0, 0.1) is 0 Å². The average Bonchev–Trinajstić information content (AvgIpc) is 2.58. The van der Waals surface area contributed by atoms with Gasteiger partial charge in [-0.1, -0.05) is 44.2 Å². The van der Waals surface area contributed by atoms with E-state index in [-0.39, 0.29) is 0 Å². The van der Waals surface area contributed by atoms with Gasteiger partial charge in [-0.2, -0.15) is 0 Å². The normalized spacial score (nSPS) is 9.86. The Morgan fingerprint density at radius 3 is 2.19 bits per heavy atom. The van der Waals surface area contributed by atoms with Crippen molar-refractivity contribution in [1.82, 2.24) is 5.32 Å². The van der Waals surface area contributed by atoms with Gasteiger partial charge in [-0.3, -0.25) is 5.14 Å². The van der Waals surface area contributed by atoms with Crippen molar-refractivity contribution >= 4 is 23.7 Å². The van der Waals surface area contributed by atoms with E-state index in [9.17, 15) is 0 Å². The molecule has 0 aliphatic rings. The Labute approximate surface area is 137 Å². The predicted molar refractivity (Wildman–Crippen MR) is 96.7 cm³/mol. The summed E-state index contributed by atoms with van der Waals surface area (Å²) in [5, 5.41) is 8.94. The molecule has 0 unspecified atom stereocenters. The van der Waals surface area contributed by atoms with Crippen LogP contribution in [-0.4, -0.2) is 12.3 Å². The zero-order valence-electron chi connectivity index (χ0n) is 12.7. The molecule has 0 amide bonds. The largest absolute Gasteiger partial charge is 0.312 e. The maximum Gasteiger partial charge on any atom is 0.0226 e. The molecule has 0 aliphatic heterocycles. The minimum absolute atomic E-state index is 0.908. The van der Waals surface area contributed by atoms with Crippen LogP contribution in [0.1, 0.15) is 19.4 Å². The summed E-state index contributed by atoms with van der Waals surface area (Å²) in [5.41, 5.74) is 1.29. The molecule has 0 saturated heterocycles. The van der Waals surface area contributed by atoms with E-state index in [1.807, 2.05) is 31.7 Å². The Morgan fingerprint density at radius 1 is 0.905 bits per heavy atom. The van der Waals surface area contributed by atoms with Crippen LogP contribution in [0.25, 0.3) is 0 Å². The summed E-state index contributed by atoms with van der Waals surface area (Å²) in [7, 11) is 0. The third kappa shape index (κ3) is 7.58. The van der Waals surface area contributed by atoms with Gasteiger partial charge in [-0.05, 0) is 41.8 Å². The fourth-order valence-electron chi connectivity index (χ4n) is 1.68. The molecule has 2 rings (SSSR count). The average molecular weight is 321 g/mol. The highest BCUT2D eigenvalue weighted by molar-refractivity contribution is 7.99. The van der Waals surface area contributed by atoms with Crippen LogP contribution in [0.4, 0.5) is 0 Å². The molecule has 0 saturated carbocycles. The molecule has 0 aliphatic carbocycles. The van der Waals surface area contributed by atoms with E-state index in [2.05, 4.69) is 53.8 Å². The molecule has 2 aromatic rings. The van der Waals surface area contributed by atoms with E-state index in [0.717, 1.165) is 23.7 Å². The molecule has 0 atom stereocenters. The van der Waals surface area contributed by atoms with Crippen LogP contribution in [-0.2, 0) is 6.54 Å². The van der Waals surface area contributed by atoms with Crippen molar-refractivity contribution in [3.63, 3.8) is 0 Å². The predicted octanol–water partition coefficient (Wildman–Crippen LogP) is 4.56. The summed E-state index contributed by atoms with van der Waals surface area (Å²) >= 11 is 3.16. The fraction of sp³-hybridized carbons (Fsp3) is 0.294. The van der Waals surface area contributed by atoms with Crippen LogP contribution in [0.15, 0.2) is 64.4 Å². The van der Waals surface area contributed by atoms with Gasteiger partial charge >= 0.3 is 0 Å². The van der Waals surface area contributed by atoms with Gasteiger partial charge in [0.15, 0.2) is 0 Å².